The number of benzene rings is 2. The van der Waals surface area contributed by atoms with Gasteiger partial charge in [0.25, 0.3) is 0 Å². The van der Waals surface area contributed by atoms with Gasteiger partial charge in [-0.2, -0.15) is 0 Å². The van der Waals surface area contributed by atoms with Crippen LogP contribution in [0.1, 0.15) is 5.56 Å². The smallest absolute Gasteiger partial charge is 0.186 e. The quantitative estimate of drug-likeness (QED) is 0.631. The van der Waals surface area contributed by atoms with E-state index in [0.717, 1.165) is 12.1 Å². The molecule has 0 amide bonds. The zero-order valence-corrected chi connectivity index (χ0v) is 13.6. The summed E-state index contributed by atoms with van der Waals surface area (Å²) in [6.07, 6.45) is 0. The monoisotopic (exact) mass is 395 g/mol. The SMILES string of the molecule is Nc1cccc(Cl)c1S(=O)(=O)Cc1c(F)ccc(Br)c1F. The van der Waals surface area contributed by atoms with Gasteiger partial charge in [0.15, 0.2) is 9.84 Å². The first-order valence-corrected chi connectivity index (χ1v) is 8.45. The molecular formula is C13H9BrClF2NO2S. The van der Waals surface area contributed by atoms with Gasteiger partial charge in [0.1, 0.15) is 16.5 Å². The molecule has 112 valence electrons. The van der Waals surface area contributed by atoms with Crippen LogP contribution in [0.5, 0.6) is 0 Å². The summed E-state index contributed by atoms with van der Waals surface area (Å²) in [5.74, 6) is -2.80. The standard InChI is InChI=1S/C13H9BrClF2NO2S/c14-8-4-5-10(16)7(12(8)17)6-21(19,20)13-9(15)2-1-3-11(13)18/h1-5H,6,18H2. The summed E-state index contributed by atoms with van der Waals surface area (Å²) < 4.78 is 52.2. The van der Waals surface area contributed by atoms with Gasteiger partial charge in [-0.05, 0) is 40.2 Å². The molecule has 0 spiro atoms. The Labute approximate surface area is 133 Å². The molecule has 0 saturated heterocycles. The van der Waals surface area contributed by atoms with Gasteiger partial charge in [0.2, 0.25) is 0 Å². The van der Waals surface area contributed by atoms with Crippen LogP contribution in [-0.4, -0.2) is 8.42 Å². The van der Waals surface area contributed by atoms with E-state index in [4.69, 9.17) is 17.3 Å². The summed E-state index contributed by atoms with van der Waals surface area (Å²) in [5, 5.41) is -0.0918. The van der Waals surface area contributed by atoms with E-state index >= 15 is 0 Å². The summed E-state index contributed by atoms with van der Waals surface area (Å²) in [7, 11) is -4.09. The average molecular weight is 397 g/mol. The lowest BCUT2D eigenvalue weighted by atomic mass is 10.2. The number of sulfone groups is 1. The van der Waals surface area contributed by atoms with Crippen molar-refractivity contribution in [1.29, 1.82) is 0 Å². The van der Waals surface area contributed by atoms with Crippen molar-refractivity contribution in [2.45, 2.75) is 10.6 Å². The summed E-state index contributed by atoms with van der Waals surface area (Å²) in [5.41, 5.74) is 4.97. The maximum Gasteiger partial charge on any atom is 0.186 e. The molecule has 0 bridgehead atoms. The number of hydrogen-bond acceptors (Lipinski definition) is 3. The average Bonchev–Trinajstić information content (AvgIpc) is 2.39. The van der Waals surface area contributed by atoms with Crippen molar-refractivity contribution in [3.05, 3.63) is 57.0 Å². The molecule has 0 aliphatic rings. The minimum atomic E-state index is -4.09. The van der Waals surface area contributed by atoms with Gasteiger partial charge < -0.3 is 5.73 Å². The van der Waals surface area contributed by atoms with E-state index in [2.05, 4.69) is 15.9 Å². The third-order valence-corrected chi connectivity index (χ3v) is 5.57. The van der Waals surface area contributed by atoms with Gasteiger partial charge in [-0.1, -0.05) is 17.7 Å². The van der Waals surface area contributed by atoms with Crippen molar-refractivity contribution in [2.24, 2.45) is 0 Å². The Kier molecular flexibility index (Phi) is 4.55. The van der Waals surface area contributed by atoms with Crippen LogP contribution in [0, 0.1) is 11.6 Å². The van der Waals surface area contributed by atoms with E-state index in [-0.39, 0.29) is 20.1 Å². The van der Waals surface area contributed by atoms with E-state index in [1.54, 1.807) is 0 Å². The molecule has 0 aliphatic carbocycles. The van der Waals surface area contributed by atoms with Gasteiger partial charge in [-0.15, -0.1) is 0 Å². The Balaban J connectivity index is 2.56. The predicted octanol–water partition coefficient (Wildman–Crippen LogP) is 3.94. The molecule has 0 fully saturated rings. The van der Waals surface area contributed by atoms with Gasteiger partial charge in [-0.25, -0.2) is 17.2 Å². The lowest BCUT2D eigenvalue weighted by Gasteiger charge is -2.11. The van der Waals surface area contributed by atoms with Crippen molar-refractivity contribution < 1.29 is 17.2 Å². The molecular weight excluding hydrogens is 388 g/mol. The number of nitrogens with two attached hydrogens (primary N) is 1. The van der Waals surface area contributed by atoms with Crippen LogP contribution in [-0.2, 0) is 15.6 Å². The molecule has 0 heterocycles. The predicted molar refractivity (Wildman–Crippen MR) is 80.8 cm³/mol. The van der Waals surface area contributed by atoms with E-state index in [1.165, 1.54) is 18.2 Å². The fraction of sp³-hybridized carbons (Fsp3) is 0.0769. The van der Waals surface area contributed by atoms with E-state index in [9.17, 15) is 17.2 Å². The third-order valence-electron chi connectivity index (χ3n) is 2.78. The highest BCUT2D eigenvalue weighted by molar-refractivity contribution is 9.10. The van der Waals surface area contributed by atoms with Crippen LogP contribution in [0.25, 0.3) is 0 Å². The van der Waals surface area contributed by atoms with Gasteiger partial charge in [0.05, 0.1) is 20.9 Å². The molecule has 21 heavy (non-hydrogen) atoms. The topological polar surface area (TPSA) is 60.2 Å². The zero-order chi connectivity index (χ0) is 15.8. The van der Waals surface area contributed by atoms with Gasteiger partial charge in [0, 0.05) is 5.56 Å². The zero-order valence-electron chi connectivity index (χ0n) is 10.4. The summed E-state index contributed by atoms with van der Waals surface area (Å²) in [4.78, 5) is -0.328. The molecule has 2 aromatic rings. The molecule has 3 nitrogen and oxygen atoms in total. The fourth-order valence-electron chi connectivity index (χ4n) is 1.82. The molecule has 2 rings (SSSR count). The molecule has 2 N–H and O–H groups in total. The fourth-order valence-corrected chi connectivity index (χ4v) is 4.30. The molecule has 0 aliphatic heterocycles. The van der Waals surface area contributed by atoms with E-state index in [0.29, 0.717) is 0 Å². The Bertz CT molecular complexity index is 792. The first-order valence-electron chi connectivity index (χ1n) is 5.63. The highest BCUT2D eigenvalue weighted by Gasteiger charge is 2.25. The molecule has 0 radical (unpaired) electrons. The van der Waals surface area contributed by atoms with Crippen LogP contribution >= 0.6 is 27.5 Å². The normalized spacial score (nSPS) is 11.6. The lowest BCUT2D eigenvalue weighted by molar-refractivity contribution is 0.552. The first-order chi connectivity index (χ1) is 9.74. The number of halogens is 4. The lowest BCUT2D eigenvalue weighted by Crippen LogP contribution is -2.11. The highest BCUT2D eigenvalue weighted by Crippen LogP contribution is 2.32. The first kappa shape index (κ1) is 16.2. The highest BCUT2D eigenvalue weighted by atomic mass is 79.9. The van der Waals surface area contributed by atoms with Gasteiger partial charge >= 0.3 is 0 Å². The maximum atomic E-state index is 13.9. The Morgan fingerprint density at radius 3 is 2.48 bits per heavy atom. The summed E-state index contributed by atoms with van der Waals surface area (Å²) in [6, 6.07) is 6.32. The van der Waals surface area contributed by atoms with Crippen molar-refractivity contribution in [2.75, 3.05) is 5.73 Å². The summed E-state index contributed by atoms with van der Waals surface area (Å²) in [6.45, 7) is 0. The van der Waals surface area contributed by atoms with E-state index < -0.39 is 32.8 Å². The largest absolute Gasteiger partial charge is 0.398 e. The number of hydrogen-bond donors (Lipinski definition) is 1. The van der Waals surface area contributed by atoms with Crippen LogP contribution in [0.4, 0.5) is 14.5 Å². The van der Waals surface area contributed by atoms with Crippen molar-refractivity contribution in [3.8, 4) is 0 Å². The Morgan fingerprint density at radius 1 is 1.19 bits per heavy atom. The van der Waals surface area contributed by atoms with Crippen molar-refractivity contribution in [3.63, 3.8) is 0 Å². The Hall–Kier alpha value is -1.18. The minimum absolute atomic E-state index is 0.0266. The molecule has 2 aromatic carbocycles. The van der Waals surface area contributed by atoms with Crippen molar-refractivity contribution in [1.82, 2.24) is 0 Å². The Morgan fingerprint density at radius 2 is 1.86 bits per heavy atom. The van der Waals surface area contributed by atoms with Crippen LogP contribution in [0.3, 0.4) is 0 Å². The van der Waals surface area contributed by atoms with Crippen molar-refractivity contribution >= 4 is 43.1 Å². The molecule has 0 aromatic heterocycles. The second kappa shape index (κ2) is 5.90. The third kappa shape index (κ3) is 3.20. The number of nitrogen functional groups attached to an aromatic ring is 1. The summed E-state index contributed by atoms with van der Waals surface area (Å²) >= 11 is 8.72. The second-order valence-corrected chi connectivity index (χ2v) is 7.43. The second-order valence-electron chi connectivity index (χ2n) is 4.24. The van der Waals surface area contributed by atoms with Gasteiger partial charge in [-0.3, -0.25) is 0 Å². The maximum absolute atomic E-state index is 13.9. The molecule has 0 unspecified atom stereocenters. The van der Waals surface area contributed by atoms with Crippen LogP contribution in [0.2, 0.25) is 5.02 Å². The van der Waals surface area contributed by atoms with E-state index in [1.807, 2.05) is 0 Å². The molecule has 0 atom stereocenters. The number of rotatable bonds is 3. The minimum Gasteiger partial charge on any atom is -0.398 e. The molecule has 0 saturated carbocycles. The van der Waals surface area contributed by atoms with Crippen LogP contribution < -0.4 is 5.73 Å². The molecule has 8 heteroatoms. The number of anilines is 1. The van der Waals surface area contributed by atoms with Crippen LogP contribution in [0.15, 0.2) is 39.7 Å².